The van der Waals surface area contributed by atoms with Crippen LogP contribution in [-0.4, -0.2) is 17.5 Å². The topological polar surface area (TPSA) is 71.2 Å². The fourth-order valence-corrected chi connectivity index (χ4v) is 1.88. The number of hydrogen-bond donors (Lipinski definition) is 2. The van der Waals surface area contributed by atoms with E-state index in [-0.39, 0.29) is 11.3 Å². The average Bonchev–Trinajstić information content (AvgIpc) is 2.46. The van der Waals surface area contributed by atoms with Crippen LogP contribution < -0.4 is 15.6 Å². The number of amides is 1. The predicted octanol–water partition coefficient (Wildman–Crippen LogP) is 3.07. The van der Waals surface area contributed by atoms with Crippen molar-refractivity contribution in [2.75, 3.05) is 11.9 Å². The Morgan fingerprint density at radius 1 is 1.33 bits per heavy atom. The molecule has 2 aromatic rings. The molecule has 0 spiro atoms. The molecule has 21 heavy (non-hydrogen) atoms. The average molecular weight is 307 g/mol. The Balaban J connectivity index is 2.23. The van der Waals surface area contributed by atoms with E-state index >= 15 is 0 Å². The van der Waals surface area contributed by atoms with Crippen molar-refractivity contribution in [1.29, 1.82) is 0 Å². The third-order valence-electron chi connectivity index (χ3n) is 2.66. The lowest BCUT2D eigenvalue weighted by Crippen LogP contribution is -2.18. The smallest absolute Gasteiger partial charge is 0.272 e. The number of carbonyl (C=O) groups excluding carboxylic acids is 1. The second-order valence-corrected chi connectivity index (χ2v) is 4.81. The van der Waals surface area contributed by atoms with E-state index in [9.17, 15) is 9.59 Å². The van der Waals surface area contributed by atoms with Crippen molar-refractivity contribution in [2.24, 2.45) is 0 Å². The number of aromatic nitrogens is 1. The van der Waals surface area contributed by atoms with Gasteiger partial charge in [0.2, 0.25) is 5.56 Å². The van der Waals surface area contributed by atoms with Crippen LogP contribution in [0.2, 0.25) is 5.02 Å². The zero-order chi connectivity index (χ0) is 15.2. The van der Waals surface area contributed by atoms with Crippen LogP contribution in [0.15, 0.2) is 41.2 Å². The lowest BCUT2D eigenvalue weighted by Gasteiger charge is -2.12. The van der Waals surface area contributed by atoms with Gasteiger partial charge in [0.1, 0.15) is 11.4 Å². The first-order valence-corrected chi connectivity index (χ1v) is 6.91. The molecule has 0 fully saturated rings. The van der Waals surface area contributed by atoms with E-state index in [0.29, 0.717) is 23.1 Å². The Kier molecular flexibility index (Phi) is 5.00. The first kappa shape index (κ1) is 15.1. The predicted molar refractivity (Wildman–Crippen MR) is 82.3 cm³/mol. The number of rotatable bonds is 5. The van der Waals surface area contributed by atoms with Gasteiger partial charge in [-0.1, -0.05) is 24.6 Å². The van der Waals surface area contributed by atoms with Crippen LogP contribution in [0.4, 0.5) is 5.69 Å². The van der Waals surface area contributed by atoms with E-state index in [1.807, 2.05) is 6.92 Å². The van der Waals surface area contributed by atoms with Gasteiger partial charge >= 0.3 is 0 Å². The minimum atomic E-state index is -0.434. The Morgan fingerprint density at radius 2 is 2.14 bits per heavy atom. The van der Waals surface area contributed by atoms with Crippen molar-refractivity contribution < 1.29 is 9.53 Å². The zero-order valence-electron chi connectivity index (χ0n) is 11.5. The molecule has 0 saturated carbocycles. The quantitative estimate of drug-likeness (QED) is 0.891. The summed E-state index contributed by atoms with van der Waals surface area (Å²) in [5, 5.41) is 3.17. The monoisotopic (exact) mass is 306 g/mol. The number of hydrogen-bond acceptors (Lipinski definition) is 3. The fraction of sp³-hybridized carbons (Fsp3) is 0.200. The highest BCUT2D eigenvalue weighted by Gasteiger charge is 2.11. The van der Waals surface area contributed by atoms with Crippen LogP contribution in [0.3, 0.4) is 0 Å². The van der Waals surface area contributed by atoms with E-state index < -0.39 is 5.91 Å². The number of halogens is 1. The minimum absolute atomic E-state index is 0.170. The number of H-pyrrole nitrogens is 1. The van der Waals surface area contributed by atoms with Crippen LogP contribution in [0.1, 0.15) is 23.8 Å². The largest absolute Gasteiger partial charge is 0.491 e. The van der Waals surface area contributed by atoms with Crippen LogP contribution in [0.5, 0.6) is 5.75 Å². The van der Waals surface area contributed by atoms with Crippen LogP contribution in [0.25, 0.3) is 0 Å². The van der Waals surface area contributed by atoms with Crippen LogP contribution >= 0.6 is 11.6 Å². The third-order valence-corrected chi connectivity index (χ3v) is 2.90. The molecule has 0 aliphatic heterocycles. The second-order valence-electron chi connectivity index (χ2n) is 4.37. The van der Waals surface area contributed by atoms with Crippen molar-refractivity contribution in [2.45, 2.75) is 13.3 Å². The van der Waals surface area contributed by atoms with E-state index in [2.05, 4.69) is 10.3 Å². The van der Waals surface area contributed by atoms with E-state index in [0.717, 1.165) is 6.42 Å². The highest BCUT2D eigenvalue weighted by atomic mass is 35.5. The standard InChI is InChI=1S/C15H15ClN2O3/c1-2-8-21-13-7-6-10(16)9-12(13)18-15(20)11-4-3-5-14(19)17-11/h3-7,9H,2,8H2,1H3,(H,17,19)(H,18,20). The van der Waals surface area contributed by atoms with Crippen molar-refractivity contribution in [3.05, 3.63) is 57.5 Å². The summed E-state index contributed by atoms with van der Waals surface area (Å²) in [5.41, 5.74) is 0.297. The molecule has 0 radical (unpaired) electrons. The summed E-state index contributed by atoms with van der Waals surface area (Å²) in [6, 6.07) is 9.36. The Bertz CT molecular complexity index is 697. The normalized spacial score (nSPS) is 10.2. The first-order chi connectivity index (χ1) is 10.1. The summed E-state index contributed by atoms with van der Waals surface area (Å²) in [7, 11) is 0. The molecule has 0 atom stereocenters. The van der Waals surface area contributed by atoms with Gasteiger partial charge in [-0.3, -0.25) is 9.59 Å². The van der Waals surface area contributed by atoms with Gasteiger partial charge in [-0.05, 0) is 30.7 Å². The van der Waals surface area contributed by atoms with Gasteiger partial charge in [0, 0.05) is 11.1 Å². The summed E-state index contributed by atoms with van der Waals surface area (Å²) in [6.45, 7) is 2.52. The van der Waals surface area contributed by atoms with Gasteiger partial charge in [-0.15, -0.1) is 0 Å². The third kappa shape index (κ3) is 4.10. The number of nitrogens with one attached hydrogen (secondary N) is 2. The van der Waals surface area contributed by atoms with Crippen LogP contribution in [-0.2, 0) is 0 Å². The molecule has 0 saturated heterocycles. The van der Waals surface area contributed by atoms with E-state index in [1.165, 1.54) is 18.2 Å². The SMILES string of the molecule is CCCOc1ccc(Cl)cc1NC(=O)c1cccc(=O)[nH]1. The molecule has 110 valence electrons. The number of aromatic amines is 1. The molecule has 5 nitrogen and oxygen atoms in total. The fourth-order valence-electron chi connectivity index (χ4n) is 1.71. The second kappa shape index (κ2) is 6.95. The number of benzene rings is 1. The van der Waals surface area contributed by atoms with Gasteiger partial charge < -0.3 is 15.0 Å². The van der Waals surface area contributed by atoms with Gasteiger partial charge in [-0.25, -0.2) is 0 Å². The number of ether oxygens (including phenoxy) is 1. The molecule has 6 heteroatoms. The number of pyridine rings is 1. The summed E-state index contributed by atoms with van der Waals surface area (Å²) in [6.07, 6.45) is 0.849. The van der Waals surface area contributed by atoms with Gasteiger partial charge in [0.05, 0.1) is 12.3 Å². The summed E-state index contributed by atoms with van der Waals surface area (Å²) in [4.78, 5) is 25.8. The van der Waals surface area contributed by atoms with Gasteiger partial charge in [-0.2, -0.15) is 0 Å². The summed E-state index contributed by atoms with van der Waals surface area (Å²) >= 11 is 5.94. The molecule has 0 bridgehead atoms. The molecule has 2 rings (SSSR count). The van der Waals surface area contributed by atoms with Crippen LogP contribution in [0, 0.1) is 0 Å². The summed E-state index contributed by atoms with van der Waals surface area (Å²) < 4.78 is 5.56. The Labute approximate surface area is 126 Å². The highest BCUT2D eigenvalue weighted by molar-refractivity contribution is 6.31. The molecular formula is C15H15ClN2O3. The minimum Gasteiger partial charge on any atom is -0.491 e. The molecular weight excluding hydrogens is 292 g/mol. The van der Waals surface area contributed by atoms with Crippen molar-refractivity contribution in [3.63, 3.8) is 0 Å². The summed E-state index contributed by atoms with van der Waals surface area (Å²) in [5.74, 6) is 0.101. The number of carbonyl (C=O) groups is 1. The lowest BCUT2D eigenvalue weighted by molar-refractivity contribution is 0.102. The molecule has 1 aromatic carbocycles. The maximum absolute atomic E-state index is 12.1. The lowest BCUT2D eigenvalue weighted by atomic mass is 10.2. The molecule has 1 aromatic heterocycles. The molecule has 0 aliphatic rings. The number of anilines is 1. The van der Waals surface area contributed by atoms with Crippen molar-refractivity contribution in [1.82, 2.24) is 4.98 Å². The van der Waals surface area contributed by atoms with Gasteiger partial charge in [0.15, 0.2) is 0 Å². The van der Waals surface area contributed by atoms with E-state index in [1.54, 1.807) is 18.2 Å². The first-order valence-electron chi connectivity index (χ1n) is 6.53. The Hall–Kier alpha value is -2.27. The van der Waals surface area contributed by atoms with Gasteiger partial charge in [0.25, 0.3) is 5.91 Å². The zero-order valence-corrected chi connectivity index (χ0v) is 12.2. The van der Waals surface area contributed by atoms with E-state index in [4.69, 9.17) is 16.3 Å². The molecule has 2 N–H and O–H groups in total. The Morgan fingerprint density at radius 3 is 2.86 bits per heavy atom. The molecule has 1 amide bonds. The van der Waals surface area contributed by atoms with Crippen molar-refractivity contribution >= 4 is 23.2 Å². The molecule has 1 heterocycles. The molecule has 0 aliphatic carbocycles. The maximum Gasteiger partial charge on any atom is 0.272 e. The molecule has 0 unspecified atom stereocenters. The highest BCUT2D eigenvalue weighted by Crippen LogP contribution is 2.28. The maximum atomic E-state index is 12.1. The van der Waals surface area contributed by atoms with Crippen molar-refractivity contribution in [3.8, 4) is 5.75 Å².